The molecule has 0 unspecified atom stereocenters. The largest absolute Gasteiger partial charge is 0.469 e. The first-order chi connectivity index (χ1) is 11.1. The monoisotopic (exact) mass is 313 g/mol. The molecule has 1 aromatic carbocycles. The van der Waals surface area contributed by atoms with Crippen LogP contribution in [-0.4, -0.2) is 42.1 Å². The molecular weight excluding hydrogens is 294 g/mol. The smallest absolute Gasteiger partial charge is 0.312 e. The molecule has 0 aliphatic carbocycles. The van der Waals surface area contributed by atoms with E-state index >= 15 is 0 Å². The molecule has 0 saturated carbocycles. The third kappa shape index (κ3) is 1.89. The first-order valence-electron chi connectivity index (χ1n) is 7.88. The van der Waals surface area contributed by atoms with Crippen LogP contribution < -0.4 is 0 Å². The van der Waals surface area contributed by atoms with Crippen LogP contribution in [0.4, 0.5) is 0 Å². The molecule has 3 heterocycles. The third-order valence-corrected chi connectivity index (χ3v) is 5.35. The Hall–Kier alpha value is -2.14. The fourth-order valence-corrected chi connectivity index (χ4v) is 4.17. The second kappa shape index (κ2) is 4.93. The number of fused-ring (bicyclic) bond motifs is 1. The predicted molar refractivity (Wildman–Crippen MR) is 82.3 cm³/mol. The molecule has 5 heteroatoms. The molecule has 0 aromatic heterocycles. The van der Waals surface area contributed by atoms with Crippen LogP contribution in [-0.2, 0) is 19.1 Å². The highest BCUT2D eigenvalue weighted by atomic mass is 16.5. The standard InChI is InChI=1S/C18H19NO4/c1-11(12-6-4-3-5-7-12)19-10-18-9-8-13(23-18)14(17(21)22-2)15(18)16(19)20/h3-9,11,13-15H,10H2,1-2H3/t11-,13-,14+,15-,18-/m1/s1. The van der Waals surface area contributed by atoms with Crippen LogP contribution in [0.5, 0.6) is 0 Å². The zero-order valence-corrected chi connectivity index (χ0v) is 13.1. The minimum atomic E-state index is -0.677. The quantitative estimate of drug-likeness (QED) is 0.629. The van der Waals surface area contributed by atoms with E-state index in [-0.39, 0.29) is 24.0 Å². The van der Waals surface area contributed by atoms with Gasteiger partial charge in [-0.25, -0.2) is 0 Å². The number of hydrogen-bond acceptors (Lipinski definition) is 4. The lowest BCUT2D eigenvalue weighted by atomic mass is 9.77. The molecule has 1 amide bonds. The van der Waals surface area contributed by atoms with E-state index in [2.05, 4.69) is 0 Å². The van der Waals surface area contributed by atoms with Gasteiger partial charge in [-0.2, -0.15) is 0 Å². The Kier molecular flexibility index (Phi) is 3.10. The lowest BCUT2D eigenvalue weighted by Crippen LogP contribution is -2.39. The number of carbonyl (C=O) groups is 2. The molecule has 5 atom stereocenters. The highest BCUT2D eigenvalue weighted by Gasteiger charge is 2.67. The second-order valence-electron chi connectivity index (χ2n) is 6.48. The van der Waals surface area contributed by atoms with Crippen molar-refractivity contribution < 1.29 is 19.1 Å². The van der Waals surface area contributed by atoms with Gasteiger partial charge in [-0.15, -0.1) is 0 Å². The summed E-state index contributed by atoms with van der Waals surface area (Å²) in [6, 6.07) is 9.84. The normalized spacial score (nSPS) is 35.5. The zero-order valence-electron chi connectivity index (χ0n) is 13.1. The van der Waals surface area contributed by atoms with Crippen molar-refractivity contribution in [3.05, 3.63) is 48.0 Å². The molecule has 5 nitrogen and oxygen atoms in total. The van der Waals surface area contributed by atoms with E-state index in [1.165, 1.54) is 7.11 Å². The zero-order chi connectivity index (χ0) is 16.2. The number of likely N-dealkylation sites (tertiary alicyclic amines) is 1. The van der Waals surface area contributed by atoms with E-state index in [4.69, 9.17) is 9.47 Å². The van der Waals surface area contributed by atoms with Crippen LogP contribution in [0.25, 0.3) is 0 Å². The first kappa shape index (κ1) is 14.5. The van der Waals surface area contributed by atoms with E-state index in [1.807, 2.05) is 54.3 Å². The van der Waals surface area contributed by atoms with Crippen molar-refractivity contribution >= 4 is 11.9 Å². The summed E-state index contributed by atoms with van der Waals surface area (Å²) < 4.78 is 10.9. The summed E-state index contributed by atoms with van der Waals surface area (Å²) in [5.41, 5.74) is 0.397. The first-order valence-corrected chi connectivity index (χ1v) is 7.88. The maximum absolute atomic E-state index is 13.0. The fraction of sp³-hybridized carbons (Fsp3) is 0.444. The van der Waals surface area contributed by atoms with Gasteiger partial charge in [0.2, 0.25) is 5.91 Å². The van der Waals surface area contributed by atoms with Gasteiger partial charge < -0.3 is 14.4 Å². The molecule has 23 heavy (non-hydrogen) atoms. The van der Waals surface area contributed by atoms with Crippen molar-refractivity contribution in [3.63, 3.8) is 0 Å². The van der Waals surface area contributed by atoms with E-state index in [9.17, 15) is 9.59 Å². The Bertz CT molecular complexity index is 686. The molecular formula is C18H19NO4. The molecule has 0 radical (unpaired) electrons. The van der Waals surface area contributed by atoms with Crippen LogP contribution in [0.2, 0.25) is 0 Å². The molecule has 1 spiro atoms. The number of nitrogens with zero attached hydrogens (tertiary/aromatic N) is 1. The van der Waals surface area contributed by atoms with Crippen LogP contribution in [0, 0.1) is 11.8 Å². The summed E-state index contributed by atoms with van der Waals surface area (Å²) in [4.78, 5) is 27.0. The van der Waals surface area contributed by atoms with Gasteiger partial charge in [0.05, 0.1) is 31.7 Å². The number of hydrogen-bond donors (Lipinski definition) is 0. The van der Waals surface area contributed by atoms with Gasteiger partial charge in [0, 0.05) is 0 Å². The highest BCUT2D eigenvalue weighted by Crippen LogP contribution is 2.53. The molecule has 2 bridgehead atoms. The SMILES string of the molecule is COC(=O)[C@H]1[C@H]2C=C[C@]3(CN([C@H](C)c4ccccc4)C(=O)[C@@H]13)O2. The lowest BCUT2D eigenvalue weighted by molar-refractivity contribution is -0.151. The van der Waals surface area contributed by atoms with Crippen LogP contribution in [0.3, 0.4) is 0 Å². The van der Waals surface area contributed by atoms with Crippen LogP contribution in [0.15, 0.2) is 42.5 Å². The highest BCUT2D eigenvalue weighted by molar-refractivity contribution is 5.91. The number of methoxy groups -OCH3 is 1. The van der Waals surface area contributed by atoms with Crippen LogP contribution >= 0.6 is 0 Å². The molecule has 120 valence electrons. The van der Waals surface area contributed by atoms with Crippen molar-refractivity contribution in [2.45, 2.75) is 24.7 Å². The Labute approximate surface area is 134 Å². The van der Waals surface area contributed by atoms with Crippen molar-refractivity contribution in [1.82, 2.24) is 4.90 Å². The van der Waals surface area contributed by atoms with E-state index in [0.29, 0.717) is 6.54 Å². The molecule has 3 aliphatic rings. The van der Waals surface area contributed by atoms with Gasteiger partial charge in [-0.05, 0) is 12.5 Å². The van der Waals surface area contributed by atoms with E-state index in [0.717, 1.165) is 5.56 Å². The molecule has 3 aliphatic heterocycles. The Morgan fingerprint density at radius 3 is 2.83 bits per heavy atom. The molecule has 4 rings (SSSR count). The summed E-state index contributed by atoms with van der Waals surface area (Å²) in [6.45, 7) is 2.49. The number of rotatable bonds is 3. The maximum atomic E-state index is 13.0. The summed E-state index contributed by atoms with van der Waals surface area (Å²) >= 11 is 0. The minimum absolute atomic E-state index is 0.0244. The Morgan fingerprint density at radius 2 is 2.13 bits per heavy atom. The number of amides is 1. The average molecular weight is 313 g/mol. The third-order valence-electron chi connectivity index (χ3n) is 5.35. The maximum Gasteiger partial charge on any atom is 0.312 e. The molecule has 0 N–H and O–H groups in total. The summed E-state index contributed by atoms with van der Waals surface area (Å²) in [5.74, 6) is -1.40. The van der Waals surface area contributed by atoms with Gasteiger partial charge >= 0.3 is 5.97 Å². The summed E-state index contributed by atoms with van der Waals surface area (Å²) in [6.07, 6.45) is 3.50. The van der Waals surface area contributed by atoms with Gasteiger partial charge in [-0.3, -0.25) is 9.59 Å². The van der Waals surface area contributed by atoms with Crippen molar-refractivity contribution in [1.29, 1.82) is 0 Å². The van der Waals surface area contributed by atoms with E-state index < -0.39 is 17.4 Å². The Morgan fingerprint density at radius 1 is 1.39 bits per heavy atom. The van der Waals surface area contributed by atoms with Gasteiger partial charge in [0.1, 0.15) is 11.5 Å². The number of benzene rings is 1. The predicted octanol–water partition coefficient (Wildman–Crippen LogP) is 1.70. The van der Waals surface area contributed by atoms with Crippen molar-refractivity contribution in [3.8, 4) is 0 Å². The summed E-state index contributed by atoms with van der Waals surface area (Å²) in [7, 11) is 1.36. The summed E-state index contributed by atoms with van der Waals surface area (Å²) in [5, 5.41) is 0. The number of esters is 1. The fourth-order valence-electron chi connectivity index (χ4n) is 4.17. The number of carbonyl (C=O) groups excluding carboxylic acids is 2. The van der Waals surface area contributed by atoms with Crippen molar-refractivity contribution in [2.75, 3.05) is 13.7 Å². The molecule has 1 aromatic rings. The van der Waals surface area contributed by atoms with E-state index in [1.54, 1.807) is 0 Å². The van der Waals surface area contributed by atoms with Crippen LogP contribution in [0.1, 0.15) is 18.5 Å². The van der Waals surface area contributed by atoms with Crippen molar-refractivity contribution in [2.24, 2.45) is 11.8 Å². The van der Waals surface area contributed by atoms with Gasteiger partial charge in [-0.1, -0.05) is 42.5 Å². The molecule has 2 saturated heterocycles. The van der Waals surface area contributed by atoms with Gasteiger partial charge in [0.25, 0.3) is 0 Å². The second-order valence-corrected chi connectivity index (χ2v) is 6.48. The molecule has 2 fully saturated rings. The number of ether oxygens (including phenoxy) is 2. The topological polar surface area (TPSA) is 55.8 Å². The lowest BCUT2D eigenvalue weighted by Gasteiger charge is -2.27. The minimum Gasteiger partial charge on any atom is -0.469 e. The Balaban J connectivity index is 1.67. The van der Waals surface area contributed by atoms with Gasteiger partial charge in [0.15, 0.2) is 0 Å². The average Bonchev–Trinajstić information content (AvgIpc) is 3.22.